The van der Waals surface area contributed by atoms with Gasteiger partial charge in [0.1, 0.15) is 17.3 Å². The largest absolute Gasteiger partial charge is 0.494 e. The maximum atomic E-state index is 12.3. The second kappa shape index (κ2) is 9.01. The molecule has 3 aromatic rings. The van der Waals surface area contributed by atoms with Crippen molar-refractivity contribution in [2.75, 3.05) is 19.8 Å². The lowest BCUT2D eigenvalue weighted by Crippen LogP contribution is -2.29. The van der Waals surface area contributed by atoms with Gasteiger partial charge in [-0.25, -0.2) is 13.1 Å². The molecule has 2 heterocycles. The van der Waals surface area contributed by atoms with Crippen LogP contribution in [0.25, 0.3) is 11.3 Å². The number of H-pyrrole nitrogens is 1. The topological polar surface area (TPSA) is 119 Å². The fourth-order valence-corrected chi connectivity index (χ4v) is 4.16. The maximum absolute atomic E-state index is 12.3. The molecular formula is C19H23N5O4S. The van der Waals surface area contributed by atoms with Crippen LogP contribution in [0, 0.1) is 13.8 Å². The van der Waals surface area contributed by atoms with Gasteiger partial charge in [0.2, 0.25) is 15.9 Å². The van der Waals surface area contributed by atoms with Crippen molar-refractivity contribution >= 4 is 10.0 Å². The van der Waals surface area contributed by atoms with Gasteiger partial charge in [-0.2, -0.15) is 5.10 Å². The minimum absolute atomic E-state index is 0.0920. The van der Waals surface area contributed by atoms with Crippen molar-refractivity contribution in [3.8, 4) is 22.9 Å². The lowest BCUT2D eigenvalue weighted by Gasteiger charge is -2.08. The van der Waals surface area contributed by atoms with E-state index in [-0.39, 0.29) is 18.0 Å². The first kappa shape index (κ1) is 20.7. The first-order valence-electron chi connectivity index (χ1n) is 9.11. The molecule has 0 fully saturated rings. The maximum Gasteiger partial charge on any atom is 0.244 e. The van der Waals surface area contributed by atoms with Gasteiger partial charge in [-0.05, 0) is 51.1 Å². The molecule has 0 atom stereocenters. The van der Waals surface area contributed by atoms with E-state index in [4.69, 9.17) is 9.47 Å². The van der Waals surface area contributed by atoms with E-state index in [0.29, 0.717) is 29.6 Å². The third-order valence-electron chi connectivity index (χ3n) is 4.07. The Hall–Kier alpha value is -2.98. The van der Waals surface area contributed by atoms with Crippen LogP contribution in [0.15, 0.2) is 41.3 Å². The molecule has 2 N–H and O–H groups in total. The molecule has 154 valence electrons. The summed E-state index contributed by atoms with van der Waals surface area (Å²) in [6, 6.07) is 11.0. The SMILES string of the molecule is CCOc1ccc(-c2ccc(OCCNS(=O)(=O)c3c(C)n[nH]c3C)nn2)cc1. The fourth-order valence-electron chi connectivity index (χ4n) is 2.78. The summed E-state index contributed by atoms with van der Waals surface area (Å²) in [5.74, 6) is 1.11. The number of aromatic nitrogens is 4. The number of rotatable bonds is 9. The van der Waals surface area contributed by atoms with Gasteiger partial charge in [0.25, 0.3) is 0 Å². The number of ether oxygens (including phenoxy) is 2. The predicted molar refractivity (Wildman–Crippen MR) is 107 cm³/mol. The Bertz CT molecular complexity index is 1030. The van der Waals surface area contributed by atoms with Crippen molar-refractivity contribution in [1.29, 1.82) is 0 Å². The molecule has 3 rings (SSSR count). The molecule has 0 saturated heterocycles. The normalized spacial score (nSPS) is 11.4. The number of aryl methyl sites for hydroxylation is 2. The van der Waals surface area contributed by atoms with E-state index in [1.54, 1.807) is 26.0 Å². The van der Waals surface area contributed by atoms with E-state index in [9.17, 15) is 8.42 Å². The molecule has 0 aliphatic carbocycles. The zero-order chi connectivity index (χ0) is 20.9. The first-order chi connectivity index (χ1) is 13.9. The van der Waals surface area contributed by atoms with Gasteiger partial charge in [-0.15, -0.1) is 10.2 Å². The fraction of sp³-hybridized carbons (Fsp3) is 0.316. The number of hydrogen-bond donors (Lipinski definition) is 2. The highest BCUT2D eigenvalue weighted by Gasteiger charge is 2.21. The molecule has 0 unspecified atom stereocenters. The summed E-state index contributed by atoms with van der Waals surface area (Å²) < 4.78 is 38.1. The minimum Gasteiger partial charge on any atom is -0.494 e. The van der Waals surface area contributed by atoms with E-state index in [0.717, 1.165) is 11.3 Å². The molecular weight excluding hydrogens is 394 g/mol. The summed E-state index contributed by atoms with van der Waals surface area (Å²) in [5.41, 5.74) is 2.52. The quantitative estimate of drug-likeness (QED) is 0.512. The molecule has 29 heavy (non-hydrogen) atoms. The van der Waals surface area contributed by atoms with Crippen LogP contribution < -0.4 is 14.2 Å². The van der Waals surface area contributed by atoms with Crippen molar-refractivity contribution in [2.45, 2.75) is 25.7 Å². The summed E-state index contributed by atoms with van der Waals surface area (Å²) in [6.45, 7) is 6.05. The molecule has 1 aromatic carbocycles. The predicted octanol–water partition coefficient (Wildman–Crippen LogP) is 2.24. The molecule has 0 aliphatic rings. The molecule has 0 radical (unpaired) electrons. The minimum atomic E-state index is -3.65. The van der Waals surface area contributed by atoms with Gasteiger partial charge in [0.05, 0.1) is 23.7 Å². The molecule has 0 bridgehead atoms. The van der Waals surface area contributed by atoms with Gasteiger partial charge >= 0.3 is 0 Å². The molecule has 0 aliphatic heterocycles. The van der Waals surface area contributed by atoms with E-state index >= 15 is 0 Å². The van der Waals surface area contributed by atoms with Crippen molar-refractivity contribution < 1.29 is 17.9 Å². The zero-order valence-corrected chi connectivity index (χ0v) is 17.3. The highest BCUT2D eigenvalue weighted by atomic mass is 32.2. The summed E-state index contributed by atoms with van der Waals surface area (Å²) in [7, 11) is -3.65. The smallest absolute Gasteiger partial charge is 0.244 e. The van der Waals surface area contributed by atoms with Crippen molar-refractivity contribution in [2.24, 2.45) is 0 Å². The number of hydrogen-bond acceptors (Lipinski definition) is 7. The lowest BCUT2D eigenvalue weighted by molar-refractivity contribution is 0.307. The Kier molecular flexibility index (Phi) is 6.45. The van der Waals surface area contributed by atoms with Crippen LogP contribution in [-0.4, -0.2) is 48.6 Å². The van der Waals surface area contributed by atoms with Gasteiger partial charge in [-0.1, -0.05) is 0 Å². The van der Waals surface area contributed by atoms with Crippen LogP contribution in [-0.2, 0) is 10.0 Å². The number of aromatic amines is 1. The van der Waals surface area contributed by atoms with Gasteiger partial charge in [-0.3, -0.25) is 5.10 Å². The molecule has 0 amide bonds. The number of nitrogens with one attached hydrogen (secondary N) is 2. The van der Waals surface area contributed by atoms with Gasteiger partial charge in [0, 0.05) is 18.2 Å². The van der Waals surface area contributed by atoms with Gasteiger partial charge in [0.15, 0.2) is 0 Å². The van der Waals surface area contributed by atoms with Crippen LogP contribution >= 0.6 is 0 Å². The number of benzene rings is 1. The van der Waals surface area contributed by atoms with Crippen molar-refractivity contribution in [3.63, 3.8) is 0 Å². The monoisotopic (exact) mass is 417 g/mol. The van der Waals surface area contributed by atoms with Gasteiger partial charge < -0.3 is 9.47 Å². The Morgan fingerprint density at radius 2 is 1.79 bits per heavy atom. The summed E-state index contributed by atoms with van der Waals surface area (Å²) >= 11 is 0. The van der Waals surface area contributed by atoms with E-state index in [1.165, 1.54) is 0 Å². The third-order valence-corrected chi connectivity index (χ3v) is 5.80. The molecule has 2 aromatic heterocycles. The first-order valence-corrected chi connectivity index (χ1v) is 10.6. The van der Waals surface area contributed by atoms with Crippen LogP contribution in [0.1, 0.15) is 18.3 Å². The van der Waals surface area contributed by atoms with E-state index in [1.807, 2.05) is 31.2 Å². The second-order valence-corrected chi connectivity index (χ2v) is 7.93. The number of nitrogens with zero attached hydrogens (tertiary/aromatic N) is 3. The molecule has 10 heteroatoms. The average Bonchev–Trinajstić information content (AvgIpc) is 3.06. The van der Waals surface area contributed by atoms with Crippen molar-refractivity contribution in [3.05, 3.63) is 47.8 Å². The Balaban J connectivity index is 1.53. The Morgan fingerprint density at radius 1 is 1.03 bits per heavy atom. The van der Waals surface area contributed by atoms with E-state index in [2.05, 4.69) is 25.1 Å². The summed E-state index contributed by atoms with van der Waals surface area (Å²) in [5, 5.41) is 14.7. The molecule has 9 nitrogen and oxygen atoms in total. The molecule has 0 spiro atoms. The highest BCUT2D eigenvalue weighted by molar-refractivity contribution is 7.89. The Labute approximate surface area is 169 Å². The second-order valence-electron chi connectivity index (χ2n) is 6.22. The summed E-state index contributed by atoms with van der Waals surface area (Å²) in [4.78, 5) is 0.164. The van der Waals surface area contributed by atoms with Crippen LogP contribution in [0.2, 0.25) is 0 Å². The summed E-state index contributed by atoms with van der Waals surface area (Å²) in [6.07, 6.45) is 0. The van der Waals surface area contributed by atoms with Crippen LogP contribution in [0.4, 0.5) is 0 Å². The van der Waals surface area contributed by atoms with E-state index < -0.39 is 10.0 Å². The lowest BCUT2D eigenvalue weighted by atomic mass is 10.1. The van der Waals surface area contributed by atoms with Crippen LogP contribution in [0.5, 0.6) is 11.6 Å². The Morgan fingerprint density at radius 3 is 2.38 bits per heavy atom. The molecule has 0 saturated carbocycles. The zero-order valence-electron chi connectivity index (χ0n) is 16.5. The van der Waals surface area contributed by atoms with Crippen LogP contribution in [0.3, 0.4) is 0 Å². The third kappa shape index (κ3) is 5.09. The average molecular weight is 417 g/mol. The van der Waals surface area contributed by atoms with Crippen molar-refractivity contribution in [1.82, 2.24) is 25.1 Å². The standard InChI is InChI=1S/C19H23N5O4S/c1-4-27-16-7-5-15(6-8-16)17-9-10-18(24-23-17)28-12-11-20-29(25,26)19-13(2)21-22-14(19)3/h5-10,20H,4,11-12H2,1-3H3,(H,21,22). The highest BCUT2D eigenvalue weighted by Crippen LogP contribution is 2.21. The number of sulfonamides is 1.